The van der Waals surface area contributed by atoms with Gasteiger partial charge in [-0.1, -0.05) is 32.9 Å². The number of nitrogens with one attached hydrogen (secondary N) is 2. The number of carbonyl (C=O) groups excluding carboxylic acids is 3. The van der Waals surface area contributed by atoms with Gasteiger partial charge in [0, 0.05) is 30.2 Å². The summed E-state index contributed by atoms with van der Waals surface area (Å²) in [5, 5.41) is 7.65. The highest BCUT2D eigenvalue weighted by atomic mass is 32.1. The van der Waals surface area contributed by atoms with Crippen LogP contribution in [0.5, 0.6) is 0 Å². The molecule has 0 bridgehead atoms. The van der Waals surface area contributed by atoms with E-state index in [1.165, 1.54) is 18.4 Å². The van der Waals surface area contributed by atoms with Gasteiger partial charge in [-0.05, 0) is 30.3 Å². The molecule has 0 aliphatic heterocycles. The molecular formula is C24H35N3O6SSi. The largest absolute Gasteiger partial charge is 0.467 e. The van der Waals surface area contributed by atoms with Crippen LogP contribution in [0.2, 0.25) is 18.1 Å². The van der Waals surface area contributed by atoms with Crippen molar-refractivity contribution < 1.29 is 28.3 Å². The average Bonchev–Trinajstić information content (AvgIpc) is 3.31. The lowest BCUT2D eigenvalue weighted by atomic mass is 10.1. The van der Waals surface area contributed by atoms with Crippen LogP contribution in [-0.2, 0) is 18.7 Å². The maximum atomic E-state index is 12.8. The third kappa shape index (κ3) is 7.96. The molecule has 9 nitrogen and oxygen atoms in total. The zero-order chi connectivity index (χ0) is 26.2. The van der Waals surface area contributed by atoms with E-state index in [1.807, 2.05) is 0 Å². The van der Waals surface area contributed by atoms with Gasteiger partial charge >= 0.3 is 5.97 Å². The van der Waals surface area contributed by atoms with E-state index in [0.29, 0.717) is 23.7 Å². The summed E-state index contributed by atoms with van der Waals surface area (Å²) in [6.07, 6.45) is 0. The Morgan fingerprint density at radius 1 is 1.09 bits per heavy atom. The van der Waals surface area contributed by atoms with Crippen molar-refractivity contribution in [3.8, 4) is 10.6 Å². The van der Waals surface area contributed by atoms with Crippen LogP contribution < -0.4 is 10.6 Å². The molecule has 0 spiro atoms. The van der Waals surface area contributed by atoms with Crippen molar-refractivity contribution in [1.82, 2.24) is 15.6 Å². The molecule has 2 amide bonds. The summed E-state index contributed by atoms with van der Waals surface area (Å²) >= 11 is 1.29. The minimum absolute atomic E-state index is 0.0276. The molecule has 11 heteroatoms. The molecule has 35 heavy (non-hydrogen) atoms. The van der Waals surface area contributed by atoms with Gasteiger partial charge in [-0.25, -0.2) is 9.78 Å². The number of rotatable bonds is 11. The summed E-state index contributed by atoms with van der Waals surface area (Å²) in [4.78, 5) is 41.7. The number of methoxy groups -OCH3 is 2. The third-order valence-corrected chi connectivity index (χ3v) is 11.3. The molecule has 1 atom stereocenters. The molecule has 0 saturated carbocycles. The molecule has 0 fully saturated rings. The number of ether oxygens (including phenoxy) is 2. The van der Waals surface area contributed by atoms with E-state index in [-0.39, 0.29) is 23.2 Å². The summed E-state index contributed by atoms with van der Waals surface area (Å²) in [5.41, 5.74) is 1.47. The minimum Gasteiger partial charge on any atom is -0.467 e. The molecule has 2 rings (SSSR count). The van der Waals surface area contributed by atoms with Crippen LogP contribution >= 0.6 is 11.3 Å². The standard InChI is InChI=1S/C24H35N3O6SSi/c1-24(2,3)35(6,7)33-14-18(23(30)32-5)26-21(29)19-15-34-22(27-19)17-10-8-16(9-11-17)20(28)25-12-13-31-4/h8-11,15,18H,12-14H2,1-7H3,(H,25,28)(H,26,29). The smallest absolute Gasteiger partial charge is 0.330 e. The van der Waals surface area contributed by atoms with E-state index in [1.54, 1.807) is 36.8 Å². The molecule has 1 unspecified atom stereocenters. The van der Waals surface area contributed by atoms with E-state index >= 15 is 0 Å². The number of esters is 1. The van der Waals surface area contributed by atoms with Crippen molar-refractivity contribution >= 4 is 37.4 Å². The van der Waals surface area contributed by atoms with Gasteiger partial charge in [0.25, 0.3) is 11.8 Å². The lowest BCUT2D eigenvalue weighted by Crippen LogP contribution is -2.49. The maximum absolute atomic E-state index is 12.8. The third-order valence-electron chi connectivity index (χ3n) is 5.93. The monoisotopic (exact) mass is 521 g/mol. The summed E-state index contributed by atoms with van der Waals surface area (Å²) in [5.74, 6) is -1.26. The number of carbonyl (C=O) groups is 3. The zero-order valence-electron chi connectivity index (χ0n) is 21.4. The fourth-order valence-corrected chi connectivity index (χ4v) is 4.52. The molecule has 0 aliphatic rings. The first-order chi connectivity index (χ1) is 16.4. The highest BCUT2D eigenvalue weighted by Gasteiger charge is 2.38. The van der Waals surface area contributed by atoms with Crippen LogP contribution in [0.4, 0.5) is 0 Å². The number of hydrogen-bond acceptors (Lipinski definition) is 8. The van der Waals surface area contributed by atoms with E-state index in [2.05, 4.69) is 49.5 Å². The Morgan fingerprint density at radius 3 is 2.31 bits per heavy atom. The second kappa shape index (κ2) is 12.4. The first kappa shape index (κ1) is 28.6. The summed E-state index contributed by atoms with van der Waals surface area (Å²) in [6, 6.07) is 6.00. The van der Waals surface area contributed by atoms with Gasteiger partial charge in [0.1, 0.15) is 16.7 Å². The number of nitrogens with zero attached hydrogens (tertiary/aromatic N) is 1. The Kier molecular flexibility index (Phi) is 10.1. The molecule has 192 valence electrons. The van der Waals surface area contributed by atoms with Crippen LogP contribution in [0.25, 0.3) is 10.6 Å². The number of aromatic nitrogens is 1. The molecule has 2 aromatic rings. The quantitative estimate of drug-likeness (QED) is 0.264. The topological polar surface area (TPSA) is 116 Å². The number of amides is 2. The summed E-state index contributed by atoms with van der Waals surface area (Å²) in [7, 11) is 0.719. The second-order valence-corrected chi connectivity index (χ2v) is 15.2. The van der Waals surface area contributed by atoms with Gasteiger partial charge in [-0.15, -0.1) is 11.3 Å². The van der Waals surface area contributed by atoms with Crippen LogP contribution in [0.1, 0.15) is 41.6 Å². The highest BCUT2D eigenvalue weighted by molar-refractivity contribution is 7.13. The van der Waals surface area contributed by atoms with E-state index in [4.69, 9.17) is 13.9 Å². The van der Waals surface area contributed by atoms with Crippen LogP contribution in [0.15, 0.2) is 29.6 Å². The van der Waals surface area contributed by atoms with Gasteiger partial charge in [-0.2, -0.15) is 0 Å². The normalized spacial score (nSPS) is 12.7. The molecular weight excluding hydrogens is 486 g/mol. The van der Waals surface area contributed by atoms with Crippen molar-refractivity contribution in [2.75, 3.05) is 34.0 Å². The van der Waals surface area contributed by atoms with E-state index < -0.39 is 26.2 Å². The fourth-order valence-electron chi connectivity index (χ4n) is 2.69. The van der Waals surface area contributed by atoms with Gasteiger partial charge in [0.05, 0.1) is 20.3 Å². The molecule has 2 N–H and O–H groups in total. The Hall–Kier alpha value is -2.60. The highest BCUT2D eigenvalue weighted by Crippen LogP contribution is 2.36. The van der Waals surface area contributed by atoms with Crippen molar-refractivity contribution in [2.45, 2.75) is 44.9 Å². The van der Waals surface area contributed by atoms with Gasteiger partial charge in [-0.3, -0.25) is 9.59 Å². The van der Waals surface area contributed by atoms with Crippen LogP contribution in [-0.4, -0.2) is 71.1 Å². The minimum atomic E-state index is -2.13. The molecule has 0 radical (unpaired) electrons. The number of benzene rings is 1. The van der Waals surface area contributed by atoms with Crippen LogP contribution in [0.3, 0.4) is 0 Å². The Labute approximate surface area is 211 Å². The second-order valence-electron chi connectivity index (χ2n) is 9.48. The molecule has 1 aromatic carbocycles. The molecule has 1 heterocycles. The van der Waals surface area contributed by atoms with Crippen molar-refractivity contribution in [3.05, 3.63) is 40.9 Å². The maximum Gasteiger partial charge on any atom is 0.330 e. The van der Waals surface area contributed by atoms with Gasteiger partial charge in [0.2, 0.25) is 0 Å². The Balaban J connectivity index is 2.06. The van der Waals surface area contributed by atoms with E-state index in [9.17, 15) is 14.4 Å². The predicted octanol–water partition coefficient (Wildman–Crippen LogP) is 3.48. The summed E-state index contributed by atoms with van der Waals surface area (Å²) in [6.45, 7) is 11.3. The predicted molar refractivity (Wildman–Crippen MR) is 138 cm³/mol. The SMILES string of the molecule is COCCNC(=O)c1ccc(-c2nc(C(=O)NC(CO[Si](C)(C)C(C)(C)C)C(=O)OC)cs2)cc1. The Bertz CT molecular complexity index is 1020. The first-order valence-electron chi connectivity index (χ1n) is 11.3. The molecule has 0 aliphatic carbocycles. The Morgan fingerprint density at radius 2 is 1.74 bits per heavy atom. The zero-order valence-corrected chi connectivity index (χ0v) is 23.2. The molecule has 1 aromatic heterocycles. The van der Waals surface area contributed by atoms with Crippen molar-refractivity contribution in [1.29, 1.82) is 0 Å². The number of hydrogen-bond donors (Lipinski definition) is 2. The average molecular weight is 522 g/mol. The first-order valence-corrected chi connectivity index (χ1v) is 15.0. The van der Waals surface area contributed by atoms with Gasteiger partial charge in [0.15, 0.2) is 8.32 Å². The van der Waals surface area contributed by atoms with Gasteiger partial charge < -0.3 is 24.5 Å². The lowest BCUT2D eigenvalue weighted by Gasteiger charge is -2.37. The number of thiazole rings is 1. The molecule has 0 saturated heterocycles. The van der Waals surface area contributed by atoms with Crippen LogP contribution in [0, 0.1) is 0 Å². The lowest BCUT2D eigenvalue weighted by molar-refractivity contribution is -0.143. The van der Waals surface area contributed by atoms with Crippen molar-refractivity contribution in [3.63, 3.8) is 0 Å². The van der Waals surface area contributed by atoms with E-state index in [0.717, 1.165) is 5.56 Å². The van der Waals surface area contributed by atoms with Crippen molar-refractivity contribution in [2.24, 2.45) is 0 Å². The summed E-state index contributed by atoms with van der Waals surface area (Å²) < 4.78 is 15.9. The fraction of sp³-hybridized carbons (Fsp3) is 0.500.